The molecule has 0 aliphatic rings. The Balaban J connectivity index is 3.17. The van der Waals surface area contributed by atoms with Crippen molar-refractivity contribution in [1.82, 2.24) is 9.97 Å². The third kappa shape index (κ3) is 2.92. The second kappa shape index (κ2) is 6.15. The number of halogens is 1. The van der Waals surface area contributed by atoms with Crippen molar-refractivity contribution in [3.8, 4) is 0 Å². The molecule has 1 aromatic rings. The van der Waals surface area contributed by atoms with Gasteiger partial charge in [-0.2, -0.15) is 0 Å². The van der Waals surface area contributed by atoms with Gasteiger partial charge in [-0.1, -0.05) is 20.3 Å². The molecule has 0 amide bonds. The molecule has 0 fully saturated rings. The second-order valence-electron chi connectivity index (χ2n) is 3.59. The quantitative estimate of drug-likeness (QED) is 0.906. The van der Waals surface area contributed by atoms with E-state index in [-0.39, 0.29) is 11.7 Å². The molecule has 0 saturated heterocycles. The predicted molar refractivity (Wildman–Crippen MR) is 66.6 cm³/mol. The fraction of sp³-hybridized carbons (Fsp3) is 0.636. The van der Waals surface area contributed by atoms with Crippen molar-refractivity contribution >= 4 is 15.9 Å². The van der Waals surface area contributed by atoms with Crippen LogP contribution >= 0.6 is 15.9 Å². The SMILES string of the molecule is CCCc1nc(C(CC)OC)[nH]c(=O)c1Br. The highest BCUT2D eigenvalue weighted by Gasteiger charge is 2.14. The molecule has 1 heterocycles. The van der Waals surface area contributed by atoms with E-state index < -0.39 is 0 Å². The molecule has 0 aromatic carbocycles. The summed E-state index contributed by atoms with van der Waals surface area (Å²) in [4.78, 5) is 18.8. The standard InChI is InChI=1S/C11H17BrN2O2/c1-4-6-7-9(12)11(15)14-10(13-7)8(5-2)16-3/h8H,4-6H2,1-3H3,(H,13,14,15). The minimum atomic E-state index is -0.142. The van der Waals surface area contributed by atoms with Gasteiger partial charge in [-0.3, -0.25) is 4.79 Å². The van der Waals surface area contributed by atoms with Crippen LogP contribution in [0.15, 0.2) is 9.27 Å². The van der Waals surface area contributed by atoms with Crippen LogP contribution in [-0.2, 0) is 11.2 Å². The summed E-state index contributed by atoms with van der Waals surface area (Å²) in [7, 11) is 1.62. The molecule has 0 saturated carbocycles. The van der Waals surface area contributed by atoms with Crippen molar-refractivity contribution in [1.29, 1.82) is 0 Å². The average Bonchev–Trinajstić information content (AvgIpc) is 2.27. The maximum Gasteiger partial charge on any atom is 0.265 e. The van der Waals surface area contributed by atoms with E-state index in [1.165, 1.54) is 0 Å². The van der Waals surface area contributed by atoms with Gasteiger partial charge in [-0.15, -0.1) is 0 Å². The van der Waals surface area contributed by atoms with Gasteiger partial charge in [0.05, 0.1) is 5.69 Å². The van der Waals surface area contributed by atoms with E-state index in [4.69, 9.17) is 4.74 Å². The van der Waals surface area contributed by atoms with Crippen molar-refractivity contribution in [2.24, 2.45) is 0 Å². The fourth-order valence-electron chi connectivity index (χ4n) is 1.55. The van der Waals surface area contributed by atoms with Gasteiger partial charge in [-0.25, -0.2) is 4.98 Å². The Kier molecular flexibility index (Phi) is 5.15. The van der Waals surface area contributed by atoms with Gasteiger partial charge in [0.15, 0.2) is 0 Å². The maximum atomic E-state index is 11.7. The van der Waals surface area contributed by atoms with Crippen molar-refractivity contribution in [3.05, 3.63) is 26.3 Å². The average molecular weight is 289 g/mol. The molecule has 0 aliphatic heterocycles. The van der Waals surface area contributed by atoms with Gasteiger partial charge in [-0.05, 0) is 28.8 Å². The van der Waals surface area contributed by atoms with Crippen LogP contribution in [0.2, 0.25) is 0 Å². The summed E-state index contributed by atoms with van der Waals surface area (Å²) in [5, 5.41) is 0. The lowest BCUT2D eigenvalue weighted by Crippen LogP contribution is -2.18. The van der Waals surface area contributed by atoms with Gasteiger partial charge in [0.2, 0.25) is 0 Å². The Morgan fingerprint density at radius 3 is 2.69 bits per heavy atom. The number of ether oxygens (including phenoxy) is 1. The van der Waals surface area contributed by atoms with Gasteiger partial charge < -0.3 is 9.72 Å². The summed E-state index contributed by atoms with van der Waals surface area (Å²) in [6.45, 7) is 4.05. The van der Waals surface area contributed by atoms with E-state index in [2.05, 4.69) is 32.8 Å². The lowest BCUT2D eigenvalue weighted by Gasteiger charge is -2.13. The van der Waals surface area contributed by atoms with Crippen molar-refractivity contribution in [2.45, 2.75) is 39.2 Å². The zero-order chi connectivity index (χ0) is 12.1. The molecule has 16 heavy (non-hydrogen) atoms. The van der Waals surface area contributed by atoms with E-state index in [0.29, 0.717) is 10.3 Å². The summed E-state index contributed by atoms with van der Waals surface area (Å²) in [5.41, 5.74) is 0.667. The number of H-pyrrole nitrogens is 1. The lowest BCUT2D eigenvalue weighted by atomic mass is 10.2. The Labute approximate surface area is 104 Å². The number of nitrogens with zero attached hydrogens (tertiary/aromatic N) is 1. The molecule has 5 heteroatoms. The molecule has 0 aliphatic carbocycles. The van der Waals surface area contributed by atoms with Crippen LogP contribution in [0.25, 0.3) is 0 Å². The first kappa shape index (κ1) is 13.4. The van der Waals surface area contributed by atoms with Crippen LogP contribution in [0.4, 0.5) is 0 Å². The molecular weight excluding hydrogens is 272 g/mol. The first-order valence-electron chi connectivity index (χ1n) is 5.45. The second-order valence-corrected chi connectivity index (χ2v) is 4.39. The van der Waals surface area contributed by atoms with Crippen LogP contribution in [0.1, 0.15) is 44.3 Å². The number of nitrogens with one attached hydrogen (secondary N) is 1. The van der Waals surface area contributed by atoms with Gasteiger partial charge in [0.1, 0.15) is 16.4 Å². The number of aromatic amines is 1. The molecule has 0 spiro atoms. The van der Waals surface area contributed by atoms with Crippen LogP contribution < -0.4 is 5.56 Å². The zero-order valence-corrected chi connectivity index (χ0v) is 11.4. The molecule has 0 bridgehead atoms. The van der Waals surface area contributed by atoms with E-state index in [9.17, 15) is 4.79 Å². The monoisotopic (exact) mass is 288 g/mol. The van der Waals surface area contributed by atoms with Crippen molar-refractivity contribution in [2.75, 3.05) is 7.11 Å². The fourth-order valence-corrected chi connectivity index (χ4v) is 1.94. The molecule has 1 unspecified atom stereocenters. The highest BCUT2D eigenvalue weighted by atomic mass is 79.9. The third-order valence-electron chi connectivity index (χ3n) is 2.40. The minimum Gasteiger partial charge on any atom is -0.374 e. The number of hydrogen-bond acceptors (Lipinski definition) is 3. The molecule has 1 rings (SSSR count). The Morgan fingerprint density at radius 2 is 2.19 bits per heavy atom. The summed E-state index contributed by atoms with van der Waals surface area (Å²) in [5.74, 6) is 0.613. The summed E-state index contributed by atoms with van der Waals surface area (Å²) >= 11 is 3.26. The van der Waals surface area contributed by atoms with Crippen LogP contribution in [0.5, 0.6) is 0 Å². The van der Waals surface area contributed by atoms with E-state index in [1.54, 1.807) is 7.11 Å². The van der Waals surface area contributed by atoms with Crippen LogP contribution in [0, 0.1) is 0 Å². The van der Waals surface area contributed by atoms with E-state index in [0.717, 1.165) is 25.0 Å². The molecule has 4 nitrogen and oxygen atoms in total. The summed E-state index contributed by atoms with van der Waals surface area (Å²) in [6, 6.07) is 0. The van der Waals surface area contributed by atoms with Crippen LogP contribution in [-0.4, -0.2) is 17.1 Å². The summed E-state index contributed by atoms with van der Waals surface area (Å²) < 4.78 is 5.80. The smallest absolute Gasteiger partial charge is 0.265 e. The Morgan fingerprint density at radius 1 is 1.50 bits per heavy atom. The number of hydrogen-bond donors (Lipinski definition) is 1. The van der Waals surface area contributed by atoms with Crippen molar-refractivity contribution < 1.29 is 4.74 Å². The predicted octanol–water partition coefficient (Wildman–Crippen LogP) is 2.58. The first-order valence-corrected chi connectivity index (χ1v) is 6.24. The van der Waals surface area contributed by atoms with Gasteiger partial charge in [0.25, 0.3) is 5.56 Å². The molecule has 0 radical (unpaired) electrons. The van der Waals surface area contributed by atoms with E-state index >= 15 is 0 Å². The number of methoxy groups -OCH3 is 1. The van der Waals surface area contributed by atoms with Gasteiger partial charge >= 0.3 is 0 Å². The maximum absolute atomic E-state index is 11.7. The Hall–Kier alpha value is -0.680. The zero-order valence-electron chi connectivity index (χ0n) is 9.84. The highest BCUT2D eigenvalue weighted by Crippen LogP contribution is 2.18. The summed E-state index contributed by atoms with van der Waals surface area (Å²) in [6.07, 6.45) is 2.39. The topological polar surface area (TPSA) is 55.0 Å². The number of aryl methyl sites for hydroxylation is 1. The lowest BCUT2D eigenvalue weighted by molar-refractivity contribution is 0.0921. The number of aromatic nitrogens is 2. The number of rotatable bonds is 5. The van der Waals surface area contributed by atoms with E-state index in [1.807, 2.05) is 6.92 Å². The van der Waals surface area contributed by atoms with Gasteiger partial charge in [0, 0.05) is 7.11 Å². The highest BCUT2D eigenvalue weighted by molar-refractivity contribution is 9.10. The van der Waals surface area contributed by atoms with Crippen molar-refractivity contribution in [3.63, 3.8) is 0 Å². The molecule has 90 valence electrons. The minimum absolute atomic E-state index is 0.135. The first-order chi connectivity index (χ1) is 7.63. The van der Waals surface area contributed by atoms with Crippen LogP contribution in [0.3, 0.4) is 0 Å². The molecular formula is C11H17BrN2O2. The molecule has 1 atom stereocenters. The Bertz CT molecular complexity index is 399. The third-order valence-corrected chi connectivity index (χ3v) is 3.21. The molecule has 1 aromatic heterocycles. The normalized spacial score (nSPS) is 12.8. The largest absolute Gasteiger partial charge is 0.374 e. The molecule has 1 N–H and O–H groups in total.